The Kier molecular flexibility index (Phi) is 2.14. The third-order valence-electron chi connectivity index (χ3n) is 2.44. The molecule has 1 unspecified atom stereocenters. The summed E-state index contributed by atoms with van der Waals surface area (Å²) in [5.74, 6) is 0.244. The molecule has 0 heterocycles. The molecule has 1 N–H and O–H groups in total. The summed E-state index contributed by atoms with van der Waals surface area (Å²) in [6.45, 7) is 0. The van der Waals surface area contributed by atoms with E-state index in [0.29, 0.717) is 6.42 Å². The Balaban J connectivity index is 2.55. The van der Waals surface area contributed by atoms with Gasteiger partial charge in [-0.05, 0) is 17.5 Å². The molecule has 0 radical (unpaired) electrons. The number of rotatable bonds is 1. The summed E-state index contributed by atoms with van der Waals surface area (Å²) >= 11 is 5.77. The van der Waals surface area contributed by atoms with E-state index in [4.69, 9.17) is 11.6 Å². The Labute approximate surface area is 82.7 Å². The van der Waals surface area contributed by atoms with Crippen molar-refractivity contribution in [3.05, 3.63) is 41.5 Å². The smallest absolute Gasteiger partial charge is 0.107 e. The van der Waals surface area contributed by atoms with Crippen LogP contribution in [0, 0.1) is 0 Å². The molecular formula is C11H11ClO. The van der Waals surface area contributed by atoms with Gasteiger partial charge in [0, 0.05) is 0 Å². The molecule has 1 aromatic carbocycles. The van der Waals surface area contributed by atoms with E-state index in [0.717, 1.165) is 11.1 Å². The van der Waals surface area contributed by atoms with Gasteiger partial charge in [0.1, 0.15) is 5.60 Å². The van der Waals surface area contributed by atoms with Crippen molar-refractivity contribution in [2.45, 2.75) is 12.0 Å². The largest absolute Gasteiger partial charge is 0.384 e. The first kappa shape index (κ1) is 8.79. The third kappa shape index (κ3) is 1.38. The highest BCUT2D eigenvalue weighted by Crippen LogP contribution is 2.34. The fourth-order valence-electron chi connectivity index (χ4n) is 1.68. The zero-order chi connectivity index (χ0) is 9.31. The molecule has 0 aliphatic heterocycles. The molecule has 0 saturated heterocycles. The molecule has 1 aliphatic carbocycles. The molecule has 13 heavy (non-hydrogen) atoms. The number of benzene rings is 1. The number of aliphatic hydroxyl groups is 1. The van der Waals surface area contributed by atoms with Gasteiger partial charge < -0.3 is 5.11 Å². The van der Waals surface area contributed by atoms with E-state index in [1.165, 1.54) is 0 Å². The van der Waals surface area contributed by atoms with Crippen LogP contribution in [0.5, 0.6) is 0 Å². The SMILES string of the molecule is OC1(CCl)CC=Cc2ccccc21. The van der Waals surface area contributed by atoms with Crippen molar-refractivity contribution in [2.24, 2.45) is 0 Å². The fourth-order valence-corrected chi connectivity index (χ4v) is 1.94. The molecule has 1 nitrogen and oxygen atoms in total. The van der Waals surface area contributed by atoms with Crippen LogP contribution in [0.25, 0.3) is 6.08 Å². The average Bonchev–Trinajstić information content (AvgIpc) is 2.19. The fraction of sp³-hybridized carbons (Fsp3) is 0.273. The van der Waals surface area contributed by atoms with Crippen molar-refractivity contribution in [2.75, 3.05) is 5.88 Å². The van der Waals surface area contributed by atoms with Crippen molar-refractivity contribution in [1.29, 1.82) is 0 Å². The van der Waals surface area contributed by atoms with E-state index < -0.39 is 5.60 Å². The second-order valence-corrected chi connectivity index (χ2v) is 3.63. The summed E-state index contributed by atoms with van der Waals surface area (Å²) in [4.78, 5) is 0. The summed E-state index contributed by atoms with van der Waals surface area (Å²) in [6.07, 6.45) is 4.59. The van der Waals surface area contributed by atoms with Gasteiger partial charge in [0.15, 0.2) is 0 Å². The van der Waals surface area contributed by atoms with Gasteiger partial charge in [0.05, 0.1) is 5.88 Å². The van der Waals surface area contributed by atoms with Gasteiger partial charge in [-0.3, -0.25) is 0 Å². The van der Waals surface area contributed by atoms with Crippen LogP contribution in [0.3, 0.4) is 0 Å². The zero-order valence-corrected chi connectivity index (χ0v) is 7.96. The van der Waals surface area contributed by atoms with Gasteiger partial charge in [0.2, 0.25) is 0 Å². The molecule has 0 saturated carbocycles. The number of fused-ring (bicyclic) bond motifs is 1. The standard InChI is InChI=1S/C11H11ClO/c12-8-11(13)7-3-5-9-4-1-2-6-10(9)11/h1-6,13H,7-8H2. The number of hydrogen-bond acceptors (Lipinski definition) is 1. The minimum absolute atomic E-state index is 0.244. The lowest BCUT2D eigenvalue weighted by Crippen LogP contribution is -2.29. The topological polar surface area (TPSA) is 20.2 Å². The van der Waals surface area contributed by atoms with Gasteiger partial charge in [-0.15, -0.1) is 11.6 Å². The zero-order valence-electron chi connectivity index (χ0n) is 7.20. The second-order valence-electron chi connectivity index (χ2n) is 3.36. The van der Waals surface area contributed by atoms with Crippen LogP contribution in [0.4, 0.5) is 0 Å². The summed E-state index contributed by atoms with van der Waals surface area (Å²) < 4.78 is 0. The summed E-state index contributed by atoms with van der Waals surface area (Å²) in [5, 5.41) is 10.1. The van der Waals surface area contributed by atoms with Crippen LogP contribution in [-0.2, 0) is 5.60 Å². The van der Waals surface area contributed by atoms with Crippen molar-refractivity contribution in [3.8, 4) is 0 Å². The lowest BCUT2D eigenvalue weighted by molar-refractivity contribution is 0.0630. The van der Waals surface area contributed by atoms with E-state index in [1.54, 1.807) is 0 Å². The molecule has 0 aromatic heterocycles. The van der Waals surface area contributed by atoms with Gasteiger partial charge >= 0.3 is 0 Å². The second kappa shape index (κ2) is 3.17. The minimum Gasteiger partial charge on any atom is -0.384 e. The first-order valence-electron chi connectivity index (χ1n) is 4.31. The molecule has 2 rings (SSSR count). The van der Waals surface area contributed by atoms with Crippen LogP contribution in [0.15, 0.2) is 30.3 Å². The molecule has 2 heteroatoms. The van der Waals surface area contributed by atoms with Crippen molar-refractivity contribution in [3.63, 3.8) is 0 Å². The molecular weight excluding hydrogens is 184 g/mol. The monoisotopic (exact) mass is 194 g/mol. The molecule has 68 valence electrons. The van der Waals surface area contributed by atoms with Crippen molar-refractivity contribution in [1.82, 2.24) is 0 Å². The van der Waals surface area contributed by atoms with Crippen LogP contribution >= 0.6 is 11.6 Å². The van der Waals surface area contributed by atoms with Gasteiger partial charge in [-0.1, -0.05) is 36.4 Å². The molecule has 0 fully saturated rings. The van der Waals surface area contributed by atoms with E-state index >= 15 is 0 Å². The number of alkyl halides is 1. The van der Waals surface area contributed by atoms with Crippen LogP contribution < -0.4 is 0 Å². The summed E-state index contributed by atoms with van der Waals surface area (Å²) in [7, 11) is 0. The Morgan fingerprint density at radius 1 is 1.38 bits per heavy atom. The Hall–Kier alpha value is -0.790. The number of halogens is 1. The molecule has 1 aromatic rings. The maximum absolute atomic E-state index is 10.1. The molecule has 0 bridgehead atoms. The highest BCUT2D eigenvalue weighted by Gasteiger charge is 2.30. The van der Waals surface area contributed by atoms with E-state index in [9.17, 15) is 5.11 Å². The lowest BCUT2D eigenvalue weighted by atomic mass is 9.84. The normalized spacial score (nSPS) is 25.7. The van der Waals surface area contributed by atoms with E-state index in [2.05, 4.69) is 0 Å². The highest BCUT2D eigenvalue weighted by atomic mass is 35.5. The van der Waals surface area contributed by atoms with Gasteiger partial charge in [-0.25, -0.2) is 0 Å². The van der Waals surface area contributed by atoms with Crippen LogP contribution in [0.1, 0.15) is 17.5 Å². The van der Waals surface area contributed by atoms with Crippen LogP contribution in [-0.4, -0.2) is 11.0 Å². The number of hydrogen-bond donors (Lipinski definition) is 1. The quantitative estimate of drug-likeness (QED) is 0.682. The summed E-state index contributed by atoms with van der Waals surface area (Å²) in [5.41, 5.74) is 1.14. The lowest BCUT2D eigenvalue weighted by Gasteiger charge is -2.29. The van der Waals surface area contributed by atoms with E-state index in [-0.39, 0.29) is 5.88 Å². The Bertz CT molecular complexity index is 346. The van der Waals surface area contributed by atoms with E-state index in [1.807, 2.05) is 36.4 Å². The average molecular weight is 195 g/mol. The van der Waals surface area contributed by atoms with Crippen LogP contribution in [0.2, 0.25) is 0 Å². The van der Waals surface area contributed by atoms with Gasteiger partial charge in [0.25, 0.3) is 0 Å². The highest BCUT2D eigenvalue weighted by molar-refractivity contribution is 6.18. The minimum atomic E-state index is -0.868. The first-order chi connectivity index (χ1) is 6.26. The third-order valence-corrected chi connectivity index (χ3v) is 2.88. The summed E-state index contributed by atoms with van der Waals surface area (Å²) in [6, 6.07) is 7.81. The maximum Gasteiger partial charge on any atom is 0.107 e. The van der Waals surface area contributed by atoms with Crippen molar-refractivity contribution < 1.29 is 5.11 Å². The predicted octanol–water partition coefficient (Wildman–Crippen LogP) is 2.53. The van der Waals surface area contributed by atoms with Crippen molar-refractivity contribution >= 4 is 17.7 Å². The first-order valence-corrected chi connectivity index (χ1v) is 4.84. The molecule has 1 atom stereocenters. The van der Waals surface area contributed by atoms with Gasteiger partial charge in [-0.2, -0.15) is 0 Å². The Morgan fingerprint density at radius 2 is 2.15 bits per heavy atom. The molecule has 1 aliphatic rings. The predicted molar refractivity (Wildman–Crippen MR) is 54.7 cm³/mol. The Morgan fingerprint density at radius 3 is 2.92 bits per heavy atom. The molecule has 0 spiro atoms. The molecule has 0 amide bonds. The maximum atomic E-state index is 10.1.